The molecule has 142 valence electrons. The van der Waals surface area contributed by atoms with Gasteiger partial charge in [0.05, 0.1) is 5.39 Å². The van der Waals surface area contributed by atoms with E-state index in [9.17, 15) is 4.79 Å². The largest absolute Gasteiger partial charge is 0.365 e. The number of carbonyl (C=O) groups is 1. The van der Waals surface area contributed by atoms with Crippen LogP contribution in [-0.4, -0.2) is 48.0 Å². The Balaban J connectivity index is 1.55. The third-order valence-electron chi connectivity index (χ3n) is 4.20. The maximum absolute atomic E-state index is 12.2. The smallest absolute Gasteiger partial charge is 0.251 e. The summed E-state index contributed by atoms with van der Waals surface area (Å²) in [6.07, 6.45) is 2.53. The Morgan fingerprint density at radius 2 is 1.96 bits per heavy atom. The summed E-state index contributed by atoms with van der Waals surface area (Å²) in [5.74, 6) is 0.812. The standard InChI is InChI=1S/C20H25N5OS/c1-14-11-17-18(23-13-24-20(17)27-14)22-12-15-5-7-16(8-6-15)19(26)21-9-4-10-25(2)3/h5-8,11,13H,4,9-10,12H2,1-3H3,(H,21,26)(H,22,23,24). The second-order valence-electron chi connectivity index (χ2n) is 6.76. The molecular formula is C20H25N5OS. The third kappa shape index (κ3) is 5.24. The van der Waals surface area contributed by atoms with Crippen LogP contribution < -0.4 is 10.6 Å². The number of thiophene rings is 1. The van der Waals surface area contributed by atoms with Crippen molar-refractivity contribution in [2.45, 2.75) is 19.9 Å². The van der Waals surface area contributed by atoms with Crippen LogP contribution in [0.4, 0.5) is 5.82 Å². The number of amides is 1. The molecule has 2 heterocycles. The molecule has 7 heteroatoms. The van der Waals surface area contributed by atoms with Gasteiger partial charge in [-0.1, -0.05) is 12.1 Å². The highest BCUT2D eigenvalue weighted by molar-refractivity contribution is 7.18. The van der Waals surface area contributed by atoms with Crippen molar-refractivity contribution in [3.63, 3.8) is 0 Å². The van der Waals surface area contributed by atoms with Crippen LogP contribution in [0.25, 0.3) is 10.2 Å². The lowest BCUT2D eigenvalue weighted by molar-refractivity contribution is 0.0952. The predicted octanol–water partition coefficient (Wildman–Crippen LogP) is 3.29. The summed E-state index contributed by atoms with van der Waals surface area (Å²) >= 11 is 1.66. The highest BCUT2D eigenvalue weighted by Crippen LogP contribution is 2.27. The van der Waals surface area contributed by atoms with Crippen molar-refractivity contribution in [2.75, 3.05) is 32.5 Å². The molecule has 0 aliphatic carbocycles. The molecule has 0 fully saturated rings. The molecule has 27 heavy (non-hydrogen) atoms. The van der Waals surface area contributed by atoms with Crippen molar-refractivity contribution >= 4 is 33.3 Å². The molecular weight excluding hydrogens is 358 g/mol. The molecule has 1 aromatic carbocycles. The normalized spacial score (nSPS) is 11.1. The minimum Gasteiger partial charge on any atom is -0.365 e. The Morgan fingerprint density at radius 3 is 2.70 bits per heavy atom. The molecule has 0 unspecified atom stereocenters. The lowest BCUT2D eigenvalue weighted by Crippen LogP contribution is -2.27. The van der Waals surface area contributed by atoms with Gasteiger partial charge < -0.3 is 15.5 Å². The molecule has 3 aromatic rings. The number of nitrogens with one attached hydrogen (secondary N) is 2. The molecule has 3 rings (SSSR count). The van der Waals surface area contributed by atoms with Gasteiger partial charge in [0.2, 0.25) is 0 Å². The van der Waals surface area contributed by atoms with Gasteiger partial charge in [0, 0.05) is 23.5 Å². The Bertz CT molecular complexity index is 904. The average molecular weight is 384 g/mol. The van der Waals surface area contributed by atoms with Gasteiger partial charge >= 0.3 is 0 Å². The molecule has 0 bridgehead atoms. The van der Waals surface area contributed by atoms with Crippen LogP contribution >= 0.6 is 11.3 Å². The van der Waals surface area contributed by atoms with Gasteiger partial charge in [0.15, 0.2) is 0 Å². The summed E-state index contributed by atoms with van der Waals surface area (Å²) in [5, 5.41) is 7.38. The van der Waals surface area contributed by atoms with Crippen molar-refractivity contribution in [1.29, 1.82) is 0 Å². The molecule has 2 aromatic heterocycles. The number of carbonyl (C=O) groups excluding carboxylic acids is 1. The minimum atomic E-state index is -0.0282. The van der Waals surface area contributed by atoms with Gasteiger partial charge in [-0.3, -0.25) is 4.79 Å². The molecule has 0 radical (unpaired) electrons. The van der Waals surface area contributed by atoms with E-state index in [2.05, 4.69) is 38.5 Å². The van der Waals surface area contributed by atoms with E-state index in [1.807, 2.05) is 38.4 Å². The topological polar surface area (TPSA) is 70.2 Å². The summed E-state index contributed by atoms with van der Waals surface area (Å²) in [5.41, 5.74) is 1.78. The predicted molar refractivity (Wildman–Crippen MR) is 111 cm³/mol. The first kappa shape index (κ1) is 19.3. The lowest BCUT2D eigenvalue weighted by atomic mass is 10.1. The number of fused-ring (bicyclic) bond motifs is 1. The van der Waals surface area contributed by atoms with Gasteiger partial charge in [-0.2, -0.15) is 0 Å². The number of nitrogens with zero attached hydrogens (tertiary/aromatic N) is 3. The fraction of sp³-hybridized carbons (Fsp3) is 0.350. The second-order valence-corrected chi connectivity index (χ2v) is 8.00. The van der Waals surface area contributed by atoms with Crippen LogP contribution in [0, 0.1) is 6.92 Å². The number of hydrogen-bond acceptors (Lipinski definition) is 6. The van der Waals surface area contributed by atoms with Crippen molar-refractivity contribution in [1.82, 2.24) is 20.2 Å². The number of rotatable bonds is 8. The number of benzene rings is 1. The Morgan fingerprint density at radius 1 is 1.19 bits per heavy atom. The summed E-state index contributed by atoms with van der Waals surface area (Å²) < 4.78 is 0. The molecule has 0 saturated heterocycles. The monoisotopic (exact) mass is 383 g/mol. The second kappa shape index (κ2) is 8.92. The van der Waals surface area contributed by atoms with Crippen molar-refractivity contribution in [3.8, 4) is 0 Å². The molecule has 0 spiro atoms. The molecule has 0 aliphatic rings. The van der Waals surface area contributed by atoms with Gasteiger partial charge in [0.1, 0.15) is 17.0 Å². The van der Waals surface area contributed by atoms with Gasteiger partial charge in [-0.25, -0.2) is 9.97 Å². The minimum absolute atomic E-state index is 0.0282. The van der Waals surface area contributed by atoms with Crippen molar-refractivity contribution in [3.05, 3.63) is 52.7 Å². The van der Waals surface area contributed by atoms with E-state index in [-0.39, 0.29) is 5.91 Å². The summed E-state index contributed by atoms with van der Waals surface area (Å²) in [7, 11) is 4.06. The van der Waals surface area contributed by atoms with Crippen LogP contribution in [0.3, 0.4) is 0 Å². The third-order valence-corrected chi connectivity index (χ3v) is 5.15. The van der Waals surface area contributed by atoms with E-state index >= 15 is 0 Å². The Labute approximate surface area is 163 Å². The summed E-state index contributed by atoms with van der Waals surface area (Å²) in [6.45, 7) is 4.36. The molecule has 6 nitrogen and oxygen atoms in total. The van der Waals surface area contributed by atoms with Crippen LogP contribution in [0.15, 0.2) is 36.7 Å². The molecule has 2 N–H and O–H groups in total. The Kier molecular flexibility index (Phi) is 6.36. The maximum Gasteiger partial charge on any atom is 0.251 e. The highest BCUT2D eigenvalue weighted by Gasteiger charge is 2.08. The summed E-state index contributed by atoms with van der Waals surface area (Å²) in [4.78, 5) is 25.2. The average Bonchev–Trinajstić information content (AvgIpc) is 3.04. The van der Waals surface area contributed by atoms with E-state index in [0.29, 0.717) is 18.7 Å². The van der Waals surface area contributed by atoms with Crippen LogP contribution in [0.2, 0.25) is 0 Å². The van der Waals surface area contributed by atoms with Crippen LogP contribution in [-0.2, 0) is 6.54 Å². The van der Waals surface area contributed by atoms with Crippen molar-refractivity contribution < 1.29 is 4.79 Å². The number of aryl methyl sites for hydroxylation is 1. The quantitative estimate of drug-likeness (QED) is 0.584. The first-order valence-electron chi connectivity index (χ1n) is 9.00. The lowest BCUT2D eigenvalue weighted by Gasteiger charge is -2.10. The van der Waals surface area contributed by atoms with E-state index in [1.165, 1.54) is 4.88 Å². The van der Waals surface area contributed by atoms with Crippen LogP contribution in [0.1, 0.15) is 27.2 Å². The molecule has 1 amide bonds. The van der Waals surface area contributed by atoms with Gasteiger partial charge in [-0.15, -0.1) is 11.3 Å². The molecule has 0 aliphatic heterocycles. The van der Waals surface area contributed by atoms with Gasteiger partial charge in [-0.05, 0) is 57.7 Å². The first-order valence-corrected chi connectivity index (χ1v) is 9.81. The molecule has 0 atom stereocenters. The zero-order valence-corrected chi connectivity index (χ0v) is 16.8. The maximum atomic E-state index is 12.2. The zero-order chi connectivity index (χ0) is 19.2. The zero-order valence-electron chi connectivity index (χ0n) is 16.0. The fourth-order valence-corrected chi connectivity index (χ4v) is 3.62. The first-order chi connectivity index (χ1) is 13.0. The number of anilines is 1. The van der Waals surface area contributed by atoms with Crippen LogP contribution in [0.5, 0.6) is 0 Å². The highest BCUT2D eigenvalue weighted by atomic mass is 32.1. The van der Waals surface area contributed by atoms with E-state index in [0.717, 1.165) is 34.6 Å². The van der Waals surface area contributed by atoms with E-state index in [4.69, 9.17) is 0 Å². The van der Waals surface area contributed by atoms with Gasteiger partial charge in [0.25, 0.3) is 5.91 Å². The number of aromatic nitrogens is 2. The fourth-order valence-electron chi connectivity index (χ4n) is 2.78. The molecule has 0 saturated carbocycles. The summed E-state index contributed by atoms with van der Waals surface area (Å²) in [6, 6.07) is 9.77. The Hall–Kier alpha value is -2.51. The number of hydrogen-bond donors (Lipinski definition) is 2. The van der Waals surface area contributed by atoms with Crippen molar-refractivity contribution in [2.24, 2.45) is 0 Å². The van der Waals surface area contributed by atoms with E-state index < -0.39 is 0 Å². The SMILES string of the molecule is Cc1cc2c(NCc3ccc(C(=O)NCCCN(C)C)cc3)ncnc2s1. The van der Waals surface area contributed by atoms with E-state index in [1.54, 1.807) is 17.7 Å².